The van der Waals surface area contributed by atoms with Gasteiger partial charge >= 0.3 is 5.97 Å². The molecule has 104 valence electrons. The number of carbonyl (C=O) groups excluding carboxylic acids is 1. The van der Waals surface area contributed by atoms with Crippen LogP contribution in [0.2, 0.25) is 0 Å². The number of anilines is 1. The number of nitrogens with one attached hydrogen (secondary N) is 1. The van der Waals surface area contributed by atoms with Crippen LogP contribution in [0.25, 0.3) is 0 Å². The highest BCUT2D eigenvalue weighted by atomic mass is 16.5. The molecule has 3 heteroatoms. The number of hydrogen-bond donors (Lipinski definition) is 1. The van der Waals surface area contributed by atoms with Gasteiger partial charge in [0.1, 0.15) is 0 Å². The molecule has 1 aliphatic rings. The van der Waals surface area contributed by atoms with Crippen LogP contribution in [0.15, 0.2) is 24.3 Å². The molecule has 0 aromatic heterocycles. The van der Waals surface area contributed by atoms with Crippen molar-refractivity contribution >= 4 is 11.7 Å². The van der Waals surface area contributed by atoms with Gasteiger partial charge < -0.3 is 10.1 Å². The monoisotopic (exact) mass is 261 g/mol. The molecule has 2 rings (SSSR count). The van der Waals surface area contributed by atoms with Crippen molar-refractivity contribution in [3.05, 3.63) is 29.8 Å². The summed E-state index contributed by atoms with van der Waals surface area (Å²) in [6.45, 7) is 6.80. The van der Waals surface area contributed by atoms with Gasteiger partial charge in [-0.3, -0.25) is 0 Å². The Kier molecular flexibility index (Phi) is 4.46. The lowest BCUT2D eigenvalue weighted by Crippen LogP contribution is -2.37. The van der Waals surface area contributed by atoms with Crippen molar-refractivity contribution in [2.24, 2.45) is 11.8 Å². The van der Waals surface area contributed by atoms with Crippen LogP contribution >= 0.6 is 0 Å². The summed E-state index contributed by atoms with van der Waals surface area (Å²) in [6, 6.07) is 8.13. The van der Waals surface area contributed by atoms with Gasteiger partial charge in [-0.2, -0.15) is 0 Å². The molecule has 1 fully saturated rings. The Morgan fingerprint density at radius 1 is 1.32 bits per heavy atom. The lowest BCUT2D eigenvalue weighted by atomic mass is 9.73. The Balaban J connectivity index is 1.85. The molecule has 1 saturated carbocycles. The van der Waals surface area contributed by atoms with Gasteiger partial charge in [0.05, 0.1) is 12.2 Å². The van der Waals surface area contributed by atoms with E-state index in [0.717, 1.165) is 17.5 Å². The summed E-state index contributed by atoms with van der Waals surface area (Å²) >= 11 is 0. The van der Waals surface area contributed by atoms with E-state index in [-0.39, 0.29) is 5.97 Å². The highest BCUT2D eigenvalue weighted by molar-refractivity contribution is 5.89. The largest absolute Gasteiger partial charge is 0.462 e. The predicted molar refractivity (Wildman–Crippen MR) is 77.4 cm³/mol. The normalized spacial score (nSPS) is 21.9. The Labute approximate surface area is 115 Å². The standard InChI is InChI=1S/C16H23NO2/c1-4-19-16(18)12-5-7-14(8-6-12)17-15-9-13(10-15)11(2)3/h5-8,11,13,15,17H,4,9-10H2,1-3H3. The maximum absolute atomic E-state index is 11.5. The summed E-state index contributed by atoms with van der Waals surface area (Å²) in [5.41, 5.74) is 1.70. The van der Waals surface area contributed by atoms with Gasteiger partial charge in [-0.05, 0) is 55.9 Å². The maximum atomic E-state index is 11.5. The quantitative estimate of drug-likeness (QED) is 0.821. The first-order valence-corrected chi connectivity index (χ1v) is 7.14. The van der Waals surface area contributed by atoms with Crippen molar-refractivity contribution in [1.29, 1.82) is 0 Å². The number of ether oxygens (including phenoxy) is 1. The summed E-state index contributed by atoms with van der Waals surface area (Å²) in [6.07, 6.45) is 2.49. The molecule has 0 radical (unpaired) electrons. The van der Waals surface area contributed by atoms with Gasteiger partial charge in [-0.15, -0.1) is 0 Å². The number of carbonyl (C=O) groups is 1. The number of esters is 1. The van der Waals surface area contributed by atoms with E-state index in [0.29, 0.717) is 18.2 Å². The third-order valence-corrected chi connectivity index (χ3v) is 3.88. The fourth-order valence-corrected chi connectivity index (χ4v) is 2.48. The third kappa shape index (κ3) is 3.49. The summed E-state index contributed by atoms with van der Waals surface area (Å²) < 4.78 is 4.96. The van der Waals surface area contributed by atoms with E-state index in [1.165, 1.54) is 12.8 Å². The SMILES string of the molecule is CCOC(=O)c1ccc(NC2CC(C(C)C)C2)cc1. The van der Waals surface area contributed by atoms with Crippen molar-refractivity contribution in [1.82, 2.24) is 0 Å². The highest BCUT2D eigenvalue weighted by Crippen LogP contribution is 2.35. The van der Waals surface area contributed by atoms with E-state index in [2.05, 4.69) is 19.2 Å². The molecule has 0 aliphatic heterocycles. The van der Waals surface area contributed by atoms with E-state index in [1.54, 1.807) is 0 Å². The van der Waals surface area contributed by atoms with Crippen LogP contribution in [-0.2, 0) is 4.74 Å². The van der Waals surface area contributed by atoms with Crippen molar-refractivity contribution in [3.63, 3.8) is 0 Å². The van der Waals surface area contributed by atoms with Crippen molar-refractivity contribution in [2.75, 3.05) is 11.9 Å². The zero-order valence-corrected chi connectivity index (χ0v) is 12.0. The number of hydrogen-bond acceptors (Lipinski definition) is 3. The van der Waals surface area contributed by atoms with E-state index < -0.39 is 0 Å². The van der Waals surface area contributed by atoms with Crippen LogP contribution in [-0.4, -0.2) is 18.6 Å². The fourth-order valence-electron chi connectivity index (χ4n) is 2.48. The zero-order valence-electron chi connectivity index (χ0n) is 12.0. The lowest BCUT2D eigenvalue weighted by Gasteiger charge is -2.39. The number of benzene rings is 1. The predicted octanol–water partition coefficient (Wildman–Crippen LogP) is 3.71. The molecule has 0 unspecified atom stereocenters. The summed E-state index contributed by atoms with van der Waals surface area (Å²) in [7, 11) is 0. The molecule has 1 aromatic rings. The average Bonchev–Trinajstić information content (AvgIpc) is 2.33. The molecule has 1 N–H and O–H groups in total. The Bertz CT molecular complexity index is 419. The van der Waals surface area contributed by atoms with E-state index in [4.69, 9.17) is 4.74 Å². The van der Waals surface area contributed by atoms with Crippen molar-refractivity contribution in [3.8, 4) is 0 Å². The molecule has 0 bridgehead atoms. The minimum absolute atomic E-state index is 0.252. The molecule has 1 aromatic carbocycles. The van der Waals surface area contributed by atoms with Gasteiger partial charge in [-0.1, -0.05) is 13.8 Å². The Morgan fingerprint density at radius 3 is 2.47 bits per heavy atom. The lowest BCUT2D eigenvalue weighted by molar-refractivity contribution is 0.0526. The van der Waals surface area contributed by atoms with Crippen LogP contribution in [0.1, 0.15) is 44.0 Å². The minimum Gasteiger partial charge on any atom is -0.462 e. The second-order valence-electron chi connectivity index (χ2n) is 5.61. The molecule has 0 heterocycles. The topological polar surface area (TPSA) is 38.3 Å². The third-order valence-electron chi connectivity index (χ3n) is 3.88. The maximum Gasteiger partial charge on any atom is 0.338 e. The van der Waals surface area contributed by atoms with Crippen molar-refractivity contribution < 1.29 is 9.53 Å². The molecule has 3 nitrogen and oxygen atoms in total. The molecule has 0 atom stereocenters. The number of rotatable bonds is 5. The van der Waals surface area contributed by atoms with Crippen LogP contribution < -0.4 is 5.32 Å². The Hall–Kier alpha value is -1.51. The van der Waals surface area contributed by atoms with Gasteiger partial charge in [0, 0.05) is 11.7 Å². The first-order chi connectivity index (χ1) is 9.10. The second kappa shape index (κ2) is 6.09. The molecule has 0 spiro atoms. The van der Waals surface area contributed by atoms with Crippen LogP contribution in [0.4, 0.5) is 5.69 Å². The molecule has 0 saturated heterocycles. The highest BCUT2D eigenvalue weighted by Gasteiger charge is 2.30. The molecule has 0 amide bonds. The van der Waals surface area contributed by atoms with Crippen LogP contribution in [0.5, 0.6) is 0 Å². The second-order valence-corrected chi connectivity index (χ2v) is 5.61. The molecule has 1 aliphatic carbocycles. The van der Waals surface area contributed by atoms with E-state index in [1.807, 2.05) is 31.2 Å². The fraction of sp³-hybridized carbons (Fsp3) is 0.562. The van der Waals surface area contributed by atoms with Crippen molar-refractivity contribution in [2.45, 2.75) is 39.7 Å². The summed E-state index contributed by atoms with van der Waals surface area (Å²) in [5, 5.41) is 3.51. The Morgan fingerprint density at radius 2 is 1.95 bits per heavy atom. The first-order valence-electron chi connectivity index (χ1n) is 7.14. The average molecular weight is 261 g/mol. The van der Waals surface area contributed by atoms with E-state index in [9.17, 15) is 4.79 Å². The van der Waals surface area contributed by atoms with E-state index >= 15 is 0 Å². The van der Waals surface area contributed by atoms with Crippen LogP contribution in [0.3, 0.4) is 0 Å². The first kappa shape index (κ1) is 13.9. The van der Waals surface area contributed by atoms with Gasteiger partial charge in [-0.25, -0.2) is 4.79 Å². The smallest absolute Gasteiger partial charge is 0.338 e. The van der Waals surface area contributed by atoms with Gasteiger partial charge in [0.2, 0.25) is 0 Å². The minimum atomic E-state index is -0.252. The summed E-state index contributed by atoms with van der Waals surface area (Å²) in [5.74, 6) is 1.39. The summed E-state index contributed by atoms with van der Waals surface area (Å²) in [4.78, 5) is 11.5. The van der Waals surface area contributed by atoms with Crippen LogP contribution in [0, 0.1) is 11.8 Å². The molecular weight excluding hydrogens is 238 g/mol. The van der Waals surface area contributed by atoms with Gasteiger partial charge in [0.25, 0.3) is 0 Å². The molecular formula is C16H23NO2. The molecule has 19 heavy (non-hydrogen) atoms. The zero-order chi connectivity index (χ0) is 13.8. The van der Waals surface area contributed by atoms with Gasteiger partial charge in [0.15, 0.2) is 0 Å².